The van der Waals surface area contributed by atoms with Crippen LogP contribution < -0.4 is 5.73 Å². The number of nitrogens with two attached hydrogens (primary N) is 1. The molecule has 0 aliphatic heterocycles. The highest BCUT2D eigenvalue weighted by atomic mass is 32.1. The molecule has 0 spiro atoms. The van der Waals surface area contributed by atoms with E-state index < -0.39 is 4.92 Å². The van der Waals surface area contributed by atoms with Gasteiger partial charge in [0, 0.05) is 35.8 Å². The third kappa shape index (κ3) is 3.42. The predicted octanol–water partition coefficient (Wildman–Crippen LogP) is 2.87. The van der Waals surface area contributed by atoms with Crippen molar-refractivity contribution in [3.05, 3.63) is 39.3 Å². The van der Waals surface area contributed by atoms with Crippen molar-refractivity contribution in [3.63, 3.8) is 0 Å². The van der Waals surface area contributed by atoms with E-state index in [1.807, 2.05) is 13.8 Å². The van der Waals surface area contributed by atoms with E-state index in [0.717, 1.165) is 4.70 Å². The quantitative estimate of drug-likeness (QED) is 0.677. The number of nitrogens with zero attached hydrogens (tertiary/aromatic N) is 2. The van der Waals surface area contributed by atoms with E-state index >= 15 is 0 Å². The summed E-state index contributed by atoms with van der Waals surface area (Å²) in [6, 6.07) is 6.33. The number of hydrogen-bond donors (Lipinski definition) is 1. The summed E-state index contributed by atoms with van der Waals surface area (Å²) in [7, 11) is 1.74. The first-order valence-electron chi connectivity index (χ1n) is 6.87. The van der Waals surface area contributed by atoms with Crippen molar-refractivity contribution in [2.24, 2.45) is 11.1 Å². The van der Waals surface area contributed by atoms with Gasteiger partial charge >= 0.3 is 0 Å². The maximum absolute atomic E-state index is 12.5. The van der Waals surface area contributed by atoms with Crippen LogP contribution >= 0.6 is 11.3 Å². The number of amides is 1. The summed E-state index contributed by atoms with van der Waals surface area (Å²) >= 11 is 1.34. The van der Waals surface area contributed by atoms with E-state index in [-0.39, 0.29) is 17.0 Å². The van der Waals surface area contributed by atoms with Crippen LogP contribution in [0.2, 0.25) is 0 Å². The van der Waals surface area contributed by atoms with E-state index in [2.05, 4.69) is 0 Å². The zero-order chi connectivity index (χ0) is 16.5. The van der Waals surface area contributed by atoms with E-state index in [0.29, 0.717) is 23.4 Å². The molecule has 118 valence electrons. The number of non-ortho nitro benzene ring substituents is 1. The molecular formula is C15H19N3O3S. The van der Waals surface area contributed by atoms with Gasteiger partial charge in [0.2, 0.25) is 0 Å². The van der Waals surface area contributed by atoms with Gasteiger partial charge in [-0.15, -0.1) is 11.3 Å². The summed E-state index contributed by atoms with van der Waals surface area (Å²) in [5.41, 5.74) is 5.58. The summed E-state index contributed by atoms with van der Waals surface area (Å²) < 4.78 is 0.862. The lowest BCUT2D eigenvalue weighted by Gasteiger charge is -2.28. The van der Waals surface area contributed by atoms with Gasteiger partial charge in [0.25, 0.3) is 11.6 Å². The van der Waals surface area contributed by atoms with Crippen LogP contribution in [0, 0.1) is 15.5 Å². The summed E-state index contributed by atoms with van der Waals surface area (Å²) in [5.74, 6) is -0.0922. The Labute approximate surface area is 132 Å². The van der Waals surface area contributed by atoms with Crippen molar-refractivity contribution in [2.45, 2.75) is 13.8 Å². The molecule has 2 N–H and O–H groups in total. The standard InChI is InChI=1S/C15H19N3O3S/c1-15(2,8-16)9-17(3)14(19)13-7-10-6-11(18(20)21)4-5-12(10)22-13/h4-7H,8-9,16H2,1-3H3. The van der Waals surface area contributed by atoms with Gasteiger partial charge in [-0.1, -0.05) is 13.8 Å². The number of nitro benzene ring substituents is 1. The van der Waals surface area contributed by atoms with Crippen molar-refractivity contribution in [1.29, 1.82) is 0 Å². The molecule has 0 aliphatic carbocycles. The summed E-state index contributed by atoms with van der Waals surface area (Å²) in [4.78, 5) is 25.1. The second-order valence-corrected chi connectivity index (χ2v) is 7.20. The van der Waals surface area contributed by atoms with Crippen LogP contribution in [-0.4, -0.2) is 35.9 Å². The Bertz CT molecular complexity index is 724. The van der Waals surface area contributed by atoms with E-state index in [1.54, 1.807) is 24.1 Å². The molecule has 1 aromatic heterocycles. The lowest BCUT2D eigenvalue weighted by atomic mass is 9.93. The summed E-state index contributed by atoms with van der Waals surface area (Å²) in [5, 5.41) is 11.5. The van der Waals surface area contributed by atoms with Crippen LogP contribution in [0.1, 0.15) is 23.5 Å². The number of carbonyl (C=O) groups is 1. The highest BCUT2D eigenvalue weighted by Gasteiger charge is 2.23. The molecule has 2 aromatic rings. The summed E-state index contributed by atoms with van der Waals surface area (Å²) in [6.45, 7) is 5.05. The first-order valence-corrected chi connectivity index (χ1v) is 7.69. The number of benzene rings is 1. The number of rotatable bonds is 5. The molecule has 0 bridgehead atoms. The zero-order valence-corrected chi connectivity index (χ0v) is 13.6. The summed E-state index contributed by atoms with van der Waals surface area (Å²) in [6.07, 6.45) is 0. The normalized spacial score (nSPS) is 11.6. The first kappa shape index (κ1) is 16.4. The Morgan fingerprint density at radius 2 is 2.09 bits per heavy atom. The van der Waals surface area contributed by atoms with Gasteiger partial charge in [0.15, 0.2) is 0 Å². The highest BCUT2D eigenvalue weighted by Crippen LogP contribution is 2.30. The number of carbonyl (C=O) groups excluding carboxylic acids is 1. The molecule has 22 heavy (non-hydrogen) atoms. The van der Waals surface area contributed by atoms with Gasteiger partial charge in [-0.05, 0) is 24.1 Å². The van der Waals surface area contributed by atoms with Gasteiger partial charge in [-0.25, -0.2) is 0 Å². The van der Waals surface area contributed by atoms with Crippen LogP contribution in [0.5, 0.6) is 0 Å². The topological polar surface area (TPSA) is 89.5 Å². The van der Waals surface area contributed by atoms with Crippen molar-refractivity contribution in [1.82, 2.24) is 4.90 Å². The van der Waals surface area contributed by atoms with Gasteiger partial charge < -0.3 is 10.6 Å². The van der Waals surface area contributed by atoms with Crippen LogP contribution in [0.3, 0.4) is 0 Å². The largest absolute Gasteiger partial charge is 0.340 e. The Morgan fingerprint density at radius 1 is 1.41 bits per heavy atom. The number of hydrogen-bond acceptors (Lipinski definition) is 5. The fourth-order valence-electron chi connectivity index (χ4n) is 2.22. The van der Waals surface area contributed by atoms with Gasteiger partial charge in [-0.3, -0.25) is 14.9 Å². The molecule has 0 saturated heterocycles. The van der Waals surface area contributed by atoms with Crippen molar-refractivity contribution < 1.29 is 9.72 Å². The van der Waals surface area contributed by atoms with Gasteiger partial charge in [0.1, 0.15) is 0 Å². The molecule has 0 atom stereocenters. The van der Waals surface area contributed by atoms with Gasteiger partial charge in [-0.2, -0.15) is 0 Å². The molecule has 7 heteroatoms. The van der Waals surface area contributed by atoms with Gasteiger partial charge in [0.05, 0.1) is 9.80 Å². The number of nitro groups is 1. The molecule has 1 aromatic carbocycles. The average molecular weight is 321 g/mol. The molecule has 1 amide bonds. The van der Waals surface area contributed by atoms with Crippen LogP contribution in [0.25, 0.3) is 10.1 Å². The van der Waals surface area contributed by atoms with Crippen LogP contribution in [0.15, 0.2) is 24.3 Å². The molecule has 0 unspecified atom stereocenters. The first-order chi connectivity index (χ1) is 10.2. The molecule has 0 fully saturated rings. The maximum Gasteiger partial charge on any atom is 0.270 e. The Hall–Kier alpha value is -1.99. The Morgan fingerprint density at radius 3 is 2.68 bits per heavy atom. The lowest BCUT2D eigenvalue weighted by molar-refractivity contribution is -0.384. The monoisotopic (exact) mass is 321 g/mol. The molecule has 0 radical (unpaired) electrons. The Kier molecular flexibility index (Phi) is 4.48. The predicted molar refractivity (Wildman–Crippen MR) is 88.3 cm³/mol. The Balaban J connectivity index is 2.27. The van der Waals surface area contributed by atoms with Crippen molar-refractivity contribution in [2.75, 3.05) is 20.1 Å². The van der Waals surface area contributed by atoms with Crippen molar-refractivity contribution >= 4 is 33.0 Å². The fraction of sp³-hybridized carbons (Fsp3) is 0.400. The van der Waals surface area contributed by atoms with E-state index in [1.165, 1.54) is 23.5 Å². The zero-order valence-electron chi connectivity index (χ0n) is 12.8. The second kappa shape index (κ2) is 6.02. The van der Waals surface area contributed by atoms with E-state index in [9.17, 15) is 14.9 Å². The minimum absolute atomic E-state index is 0.0296. The van der Waals surface area contributed by atoms with Crippen molar-refractivity contribution in [3.8, 4) is 0 Å². The van der Waals surface area contributed by atoms with E-state index in [4.69, 9.17) is 5.73 Å². The fourth-order valence-corrected chi connectivity index (χ4v) is 3.25. The third-order valence-electron chi connectivity index (χ3n) is 3.49. The smallest absolute Gasteiger partial charge is 0.270 e. The molecule has 0 saturated carbocycles. The number of thiophene rings is 1. The minimum Gasteiger partial charge on any atom is -0.340 e. The molecule has 0 aliphatic rings. The minimum atomic E-state index is -0.436. The average Bonchev–Trinajstić information content (AvgIpc) is 2.88. The lowest BCUT2D eigenvalue weighted by Crippen LogP contribution is -2.39. The molecular weight excluding hydrogens is 302 g/mol. The van der Waals surface area contributed by atoms with Crippen LogP contribution in [-0.2, 0) is 0 Å². The third-order valence-corrected chi connectivity index (χ3v) is 4.59. The second-order valence-electron chi connectivity index (χ2n) is 6.12. The molecule has 6 nitrogen and oxygen atoms in total. The highest BCUT2D eigenvalue weighted by molar-refractivity contribution is 7.20. The number of fused-ring (bicyclic) bond motifs is 1. The molecule has 2 rings (SSSR count). The SMILES string of the molecule is CN(CC(C)(C)CN)C(=O)c1cc2cc([N+](=O)[O-])ccc2s1. The van der Waals surface area contributed by atoms with Crippen LogP contribution in [0.4, 0.5) is 5.69 Å². The maximum atomic E-state index is 12.5. The molecule has 1 heterocycles.